The molecule has 4 aliphatic rings. The maximum atomic E-state index is 13.1. The Balaban J connectivity index is 1.13. The third-order valence-electron chi connectivity index (χ3n) is 8.14. The molecule has 7 heteroatoms. The van der Waals surface area contributed by atoms with Crippen molar-refractivity contribution in [2.24, 2.45) is 5.92 Å². The van der Waals surface area contributed by atoms with E-state index in [0.29, 0.717) is 44.6 Å². The Bertz CT molecular complexity index is 1300. The Labute approximate surface area is 217 Å². The number of amides is 2. The zero-order valence-corrected chi connectivity index (χ0v) is 21.3. The van der Waals surface area contributed by atoms with Crippen LogP contribution >= 0.6 is 0 Å². The van der Waals surface area contributed by atoms with Crippen LogP contribution in [0.5, 0.6) is 0 Å². The minimum absolute atomic E-state index is 0.0111. The number of hydrazine groups is 1. The van der Waals surface area contributed by atoms with Crippen molar-refractivity contribution in [3.8, 4) is 11.1 Å². The fraction of sp³-hybridized carbons (Fsp3) is 0.467. The largest absolute Gasteiger partial charge is 0.380 e. The summed E-state index contributed by atoms with van der Waals surface area (Å²) in [6, 6.07) is 14.5. The van der Waals surface area contributed by atoms with E-state index in [1.165, 1.54) is 29.0 Å². The number of fused-ring (bicyclic) bond motifs is 1. The molecule has 2 saturated carbocycles. The summed E-state index contributed by atoms with van der Waals surface area (Å²) in [4.78, 5) is 28.9. The Kier molecular flexibility index (Phi) is 6.51. The third-order valence-corrected chi connectivity index (χ3v) is 8.14. The van der Waals surface area contributed by atoms with Gasteiger partial charge in [-0.3, -0.25) is 9.59 Å². The summed E-state index contributed by atoms with van der Waals surface area (Å²) >= 11 is 0. The molecule has 2 aromatic carbocycles. The Morgan fingerprint density at radius 1 is 0.946 bits per heavy atom. The van der Waals surface area contributed by atoms with Crippen LogP contribution in [-0.4, -0.2) is 65.0 Å². The summed E-state index contributed by atoms with van der Waals surface area (Å²) in [7, 11) is 0. The smallest absolute Gasteiger partial charge is 0.254 e. The first-order valence-electron chi connectivity index (χ1n) is 13.7. The fourth-order valence-electron chi connectivity index (χ4n) is 5.34. The molecule has 0 unspecified atom stereocenters. The number of piperazine rings is 1. The molecule has 0 radical (unpaired) electrons. The summed E-state index contributed by atoms with van der Waals surface area (Å²) in [6.07, 6.45) is 9.35. The molecule has 3 fully saturated rings. The summed E-state index contributed by atoms with van der Waals surface area (Å²) < 4.78 is 0. The van der Waals surface area contributed by atoms with Crippen LogP contribution in [0.15, 0.2) is 42.5 Å². The molecule has 7 nitrogen and oxygen atoms in total. The SMILES string of the molecule is O=C(c1ccc(-c2ccc3c(c2)=CCCCC=3NNCC2CC2)cc1)N1CCN(C(=O)C2(O)CC2)CC1. The predicted octanol–water partition coefficient (Wildman–Crippen LogP) is 1.74. The second-order valence-electron chi connectivity index (χ2n) is 11.0. The highest BCUT2D eigenvalue weighted by Gasteiger charge is 2.50. The summed E-state index contributed by atoms with van der Waals surface area (Å²) in [5.41, 5.74) is 9.94. The lowest BCUT2D eigenvalue weighted by Gasteiger charge is -2.35. The van der Waals surface area contributed by atoms with Gasteiger partial charge in [-0.2, -0.15) is 0 Å². The number of carbonyl (C=O) groups is 2. The van der Waals surface area contributed by atoms with Gasteiger partial charge in [0.15, 0.2) is 0 Å². The van der Waals surface area contributed by atoms with Crippen LogP contribution in [0.4, 0.5) is 0 Å². The molecule has 0 bridgehead atoms. The maximum absolute atomic E-state index is 13.1. The average Bonchev–Trinajstić information content (AvgIpc) is 3.86. The minimum atomic E-state index is -1.14. The van der Waals surface area contributed by atoms with Crippen molar-refractivity contribution in [1.82, 2.24) is 20.7 Å². The Hall–Kier alpha value is -3.16. The second-order valence-corrected chi connectivity index (χ2v) is 11.0. The number of aliphatic hydroxyl groups is 1. The van der Waals surface area contributed by atoms with Gasteiger partial charge in [0.25, 0.3) is 11.8 Å². The third kappa shape index (κ3) is 5.29. The summed E-state index contributed by atoms with van der Waals surface area (Å²) in [5.74, 6) is 0.636. The van der Waals surface area contributed by atoms with E-state index in [2.05, 4.69) is 35.1 Å². The van der Waals surface area contributed by atoms with Gasteiger partial charge in [0.1, 0.15) is 5.60 Å². The first-order chi connectivity index (χ1) is 18.0. The van der Waals surface area contributed by atoms with Gasteiger partial charge in [-0.15, -0.1) is 0 Å². The first-order valence-corrected chi connectivity index (χ1v) is 13.7. The van der Waals surface area contributed by atoms with Gasteiger partial charge in [-0.25, -0.2) is 5.43 Å². The lowest BCUT2D eigenvalue weighted by molar-refractivity contribution is -0.143. The predicted molar refractivity (Wildman–Crippen MR) is 143 cm³/mol. The van der Waals surface area contributed by atoms with Crippen molar-refractivity contribution in [3.05, 3.63) is 58.5 Å². The van der Waals surface area contributed by atoms with Crippen LogP contribution in [0.1, 0.15) is 55.3 Å². The second kappa shape index (κ2) is 9.95. The molecule has 1 heterocycles. The molecule has 1 saturated heterocycles. The molecular formula is C30H36N4O3. The van der Waals surface area contributed by atoms with Gasteiger partial charge in [0.05, 0.1) is 0 Å². The van der Waals surface area contributed by atoms with Gasteiger partial charge < -0.3 is 20.3 Å². The number of nitrogens with one attached hydrogen (secondary N) is 2. The van der Waals surface area contributed by atoms with Crippen molar-refractivity contribution >= 4 is 23.6 Å². The lowest BCUT2D eigenvalue weighted by atomic mass is 10.0. The van der Waals surface area contributed by atoms with Crippen LogP contribution in [0, 0.1) is 5.92 Å². The Morgan fingerprint density at radius 2 is 1.65 bits per heavy atom. The van der Waals surface area contributed by atoms with Gasteiger partial charge in [-0.05, 0) is 85.4 Å². The molecule has 37 heavy (non-hydrogen) atoms. The highest BCUT2D eigenvalue weighted by molar-refractivity contribution is 5.95. The van der Waals surface area contributed by atoms with Gasteiger partial charge in [-0.1, -0.05) is 30.3 Å². The Morgan fingerprint density at radius 3 is 2.35 bits per heavy atom. The molecule has 0 atom stereocenters. The number of rotatable bonds is 7. The monoisotopic (exact) mass is 500 g/mol. The van der Waals surface area contributed by atoms with E-state index in [9.17, 15) is 14.7 Å². The minimum Gasteiger partial charge on any atom is -0.380 e. The van der Waals surface area contributed by atoms with Gasteiger partial charge in [0, 0.05) is 49.2 Å². The van der Waals surface area contributed by atoms with Crippen molar-refractivity contribution in [2.45, 2.75) is 50.5 Å². The van der Waals surface area contributed by atoms with Crippen LogP contribution in [0.2, 0.25) is 0 Å². The number of benzene rings is 2. The fourth-order valence-corrected chi connectivity index (χ4v) is 5.34. The highest BCUT2D eigenvalue weighted by Crippen LogP contribution is 2.37. The summed E-state index contributed by atoms with van der Waals surface area (Å²) in [6.45, 7) is 2.96. The molecule has 194 valence electrons. The molecule has 6 rings (SSSR count). The van der Waals surface area contributed by atoms with Crippen LogP contribution in [-0.2, 0) is 4.79 Å². The zero-order valence-electron chi connectivity index (χ0n) is 21.3. The lowest BCUT2D eigenvalue weighted by Crippen LogP contribution is -2.53. The van der Waals surface area contributed by atoms with Crippen molar-refractivity contribution in [2.75, 3.05) is 32.7 Å². The van der Waals surface area contributed by atoms with Crippen LogP contribution < -0.4 is 21.3 Å². The molecule has 0 spiro atoms. The molecule has 2 amide bonds. The van der Waals surface area contributed by atoms with E-state index >= 15 is 0 Å². The molecule has 3 aliphatic carbocycles. The normalized spacial score (nSPS) is 20.5. The maximum Gasteiger partial charge on any atom is 0.254 e. The standard InChI is InChI=1S/C30H36N4O3/c35-28(33-15-17-34(18-16-33)29(36)30(37)13-14-30)23-9-7-22(8-10-23)24-11-12-26-25(19-24)3-1-2-4-27(26)32-31-20-21-5-6-21/h3,7-12,19,21,31-32,37H,1-2,4-6,13-18,20H2. The van der Waals surface area contributed by atoms with E-state index in [0.717, 1.165) is 42.9 Å². The van der Waals surface area contributed by atoms with Gasteiger partial charge >= 0.3 is 0 Å². The number of hydrogen-bond donors (Lipinski definition) is 3. The molecule has 2 aromatic rings. The average molecular weight is 501 g/mol. The molecular weight excluding hydrogens is 464 g/mol. The molecule has 0 aromatic heterocycles. The van der Waals surface area contributed by atoms with Crippen molar-refractivity contribution < 1.29 is 14.7 Å². The summed E-state index contributed by atoms with van der Waals surface area (Å²) in [5, 5.41) is 12.6. The van der Waals surface area contributed by atoms with Crippen molar-refractivity contribution in [3.63, 3.8) is 0 Å². The van der Waals surface area contributed by atoms with E-state index in [4.69, 9.17) is 0 Å². The topological polar surface area (TPSA) is 84.9 Å². The zero-order chi connectivity index (χ0) is 25.4. The van der Waals surface area contributed by atoms with Crippen LogP contribution in [0.3, 0.4) is 0 Å². The quantitative estimate of drug-likeness (QED) is 0.505. The van der Waals surface area contributed by atoms with Gasteiger partial charge in [0.2, 0.25) is 0 Å². The molecule has 1 aliphatic heterocycles. The van der Waals surface area contributed by atoms with Crippen molar-refractivity contribution in [1.29, 1.82) is 0 Å². The number of hydrogen-bond acceptors (Lipinski definition) is 5. The van der Waals surface area contributed by atoms with E-state index < -0.39 is 5.60 Å². The van der Waals surface area contributed by atoms with E-state index in [1.54, 1.807) is 9.80 Å². The van der Waals surface area contributed by atoms with Crippen LogP contribution in [0.25, 0.3) is 22.9 Å². The first kappa shape index (κ1) is 24.2. The van der Waals surface area contributed by atoms with E-state index in [1.807, 2.05) is 24.3 Å². The highest BCUT2D eigenvalue weighted by atomic mass is 16.3. The van der Waals surface area contributed by atoms with E-state index in [-0.39, 0.29) is 11.8 Å². The number of carbonyl (C=O) groups excluding carboxylic acids is 2. The number of nitrogens with zero attached hydrogens (tertiary/aromatic N) is 2. The molecule has 3 N–H and O–H groups in total.